The van der Waals surface area contributed by atoms with Crippen molar-refractivity contribution in [3.05, 3.63) is 75.7 Å². The highest BCUT2D eigenvalue weighted by atomic mass is 32.2. The van der Waals surface area contributed by atoms with E-state index in [2.05, 4.69) is 39.9 Å². The van der Waals surface area contributed by atoms with Crippen molar-refractivity contribution in [2.75, 3.05) is 17.6 Å². The summed E-state index contributed by atoms with van der Waals surface area (Å²) in [5.41, 5.74) is 3.05. The zero-order valence-electron chi connectivity index (χ0n) is 16.9. The molecular formula is C22H24N4O2S2. The van der Waals surface area contributed by atoms with Gasteiger partial charge in [0, 0.05) is 18.0 Å². The molecular weight excluding hydrogens is 416 g/mol. The van der Waals surface area contributed by atoms with E-state index in [0.29, 0.717) is 23.1 Å². The fourth-order valence-electron chi connectivity index (χ4n) is 2.67. The molecule has 0 aliphatic carbocycles. The summed E-state index contributed by atoms with van der Waals surface area (Å²) in [6, 6.07) is 17.7. The van der Waals surface area contributed by atoms with Crippen molar-refractivity contribution in [1.29, 1.82) is 0 Å². The monoisotopic (exact) mass is 440 g/mol. The highest BCUT2D eigenvalue weighted by molar-refractivity contribution is 7.99. The van der Waals surface area contributed by atoms with Crippen molar-refractivity contribution in [3.63, 3.8) is 0 Å². The molecule has 0 saturated carbocycles. The maximum atomic E-state index is 12.3. The Morgan fingerprint density at radius 1 is 1.07 bits per heavy atom. The predicted molar refractivity (Wildman–Crippen MR) is 123 cm³/mol. The van der Waals surface area contributed by atoms with Crippen LogP contribution in [0.3, 0.4) is 0 Å². The van der Waals surface area contributed by atoms with Gasteiger partial charge in [0.2, 0.25) is 10.9 Å². The lowest BCUT2D eigenvalue weighted by atomic mass is 10.0. The predicted octanol–water partition coefficient (Wildman–Crippen LogP) is 4.25. The number of nitrogens with zero attached hydrogens (tertiary/aromatic N) is 2. The van der Waals surface area contributed by atoms with E-state index < -0.39 is 0 Å². The maximum Gasteiger partial charge on any atom is 0.286 e. The smallest absolute Gasteiger partial charge is 0.286 e. The standard InChI is InChI=1S/C22H24N4O2S2/c1-15-8-10-18(11-9-15)24-21(28)22-26-25-20(30-22)14-29-13-19(27)23-12-16(2)17-6-4-3-5-7-17/h3-11,16H,12-14H2,1-2H3,(H,23,27)(H,24,28)/t16-/m0/s1. The zero-order chi connectivity index (χ0) is 21.3. The van der Waals surface area contributed by atoms with Crippen LogP contribution in [0.5, 0.6) is 0 Å². The van der Waals surface area contributed by atoms with Gasteiger partial charge in [-0.1, -0.05) is 66.3 Å². The van der Waals surface area contributed by atoms with E-state index in [1.807, 2.05) is 49.4 Å². The number of carbonyl (C=O) groups is 2. The molecule has 156 valence electrons. The molecule has 0 aliphatic heterocycles. The average molecular weight is 441 g/mol. The summed E-state index contributed by atoms with van der Waals surface area (Å²) in [6.07, 6.45) is 0. The maximum absolute atomic E-state index is 12.3. The first-order valence-corrected chi connectivity index (χ1v) is 11.6. The van der Waals surface area contributed by atoms with Gasteiger partial charge in [0.15, 0.2) is 0 Å². The van der Waals surface area contributed by atoms with Gasteiger partial charge in [-0.2, -0.15) is 0 Å². The summed E-state index contributed by atoms with van der Waals surface area (Å²) in [7, 11) is 0. The fourth-order valence-corrected chi connectivity index (χ4v) is 4.31. The third kappa shape index (κ3) is 6.67. The highest BCUT2D eigenvalue weighted by Gasteiger charge is 2.14. The quantitative estimate of drug-likeness (QED) is 0.520. The van der Waals surface area contributed by atoms with Crippen LogP contribution in [0, 0.1) is 6.92 Å². The number of aryl methyl sites for hydroxylation is 1. The third-order valence-electron chi connectivity index (χ3n) is 4.40. The van der Waals surface area contributed by atoms with Gasteiger partial charge in [-0.25, -0.2) is 0 Å². The van der Waals surface area contributed by atoms with Crippen LogP contribution in [0.1, 0.15) is 38.8 Å². The van der Waals surface area contributed by atoms with Gasteiger partial charge in [0.1, 0.15) is 5.01 Å². The van der Waals surface area contributed by atoms with Crippen LogP contribution in [0.4, 0.5) is 5.69 Å². The van der Waals surface area contributed by atoms with Crippen LogP contribution in [0.2, 0.25) is 0 Å². The minimum atomic E-state index is -0.278. The molecule has 0 fully saturated rings. The largest absolute Gasteiger partial charge is 0.355 e. The first kappa shape index (κ1) is 22.0. The molecule has 0 bridgehead atoms. The molecule has 30 heavy (non-hydrogen) atoms. The lowest BCUT2D eigenvalue weighted by Crippen LogP contribution is -2.29. The SMILES string of the molecule is Cc1ccc(NC(=O)c2nnc(CSCC(=O)NC[C@H](C)c3ccccc3)s2)cc1. The van der Waals surface area contributed by atoms with Gasteiger partial charge >= 0.3 is 0 Å². The number of hydrogen-bond acceptors (Lipinski definition) is 6. The molecule has 0 saturated heterocycles. The van der Waals surface area contributed by atoms with Crippen LogP contribution in [-0.2, 0) is 10.5 Å². The second-order valence-corrected chi connectivity index (χ2v) is 8.98. The number of amides is 2. The lowest BCUT2D eigenvalue weighted by molar-refractivity contribution is -0.118. The van der Waals surface area contributed by atoms with Crippen LogP contribution in [0.15, 0.2) is 54.6 Å². The van der Waals surface area contributed by atoms with Crippen LogP contribution >= 0.6 is 23.1 Å². The normalized spacial score (nSPS) is 11.7. The molecule has 2 aromatic carbocycles. The molecule has 3 rings (SSSR count). The summed E-state index contributed by atoms with van der Waals surface area (Å²) in [5, 5.41) is 14.8. The molecule has 3 aromatic rings. The van der Waals surface area contributed by atoms with Crippen molar-refractivity contribution >= 4 is 40.6 Å². The van der Waals surface area contributed by atoms with Crippen molar-refractivity contribution < 1.29 is 9.59 Å². The molecule has 0 spiro atoms. The number of nitrogens with one attached hydrogen (secondary N) is 2. The van der Waals surface area contributed by atoms with E-state index in [0.717, 1.165) is 16.3 Å². The number of hydrogen-bond donors (Lipinski definition) is 2. The van der Waals surface area contributed by atoms with Gasteiger partial charge in [-0.3, -0.25) is 9.59 Å². The van der Waals surface area contributed by atoms with E-state index in [4.69, 9.17) is 0 Å². The summed E-state index contributed by atoms with van der Waals surface area (Å²) >= 11 is 2.70. The second kappa shape index (κ2) is 10.9. The van der Waals surface area contributed by atoms with E-state index in [9.17, 15) is 9.59 Å². The first-order chi connectivity index (χ1) is 14.5. The number of thioether (sulfide) groups is 1. The summed E-state index contributed by atoms with van der Waals surface area (Å²) in [4.78, 5) is 24.4. The number of carbonyl (C=O) groups excluding carboxylic acids is 2. The van der Waals surface area contributed by atoms with Crippen molar-refractivity contribution in [2.45, 2.75) is 25.5 Å². The molecule has 1 heterocycles. The average Bonchev–Trinajstić information content (AvgIpc) is 3.23. The second-order valence-electron chi connectivity index (χ2n) is 6.93. The first-order valence-electron chi connectivity index (χ1n) is 9.61. The van der Waals surface area contributed by atoms with Crippen molar-refractivity contribution in [2.24, 2.45) is 0 Å². The number of aromatic nitrogens is 2. The molecule has 0 radical (unpaired) electrons. The Bertz CT molecular complexity index is 974. The summed E-state index contributed by atoms with van der Waals surface area (Å²) in [6.45, 7) is 4.68. The number of anilines is 1. The molecule has 2 amide bonds. The summed E-state index contributed by atoms with van der Waals surface area (Å²) in [5.74, 6) is 0.853. The minimum absolute atomic E-state index is 0.00960. The Balaban J connectivity index is 1.39. The number of benzene rings is 2. The molecule has 8 heteroatoms. The molecule has 6 nitrogen and oxygen atoms in total. The van der Waals surface area contributed by atoms with Gasteiger partial charge in [0.05, 0.1) is 5.75 Å². The van der Waals surface area contributed by atoms with Crippen LogP contribution in [0.25, 0.3) is 0 Å². The van der Waals surface area contributed by atoms with E-state index in [1.54, 1.807) is 0 Å². The molecule has 1 atom stereocenters. The van der Waals surface area contributed by atoms with Crippen molar-refractivity contribution in [3.8, 4) is 0 Å². The minimum Gasteiger partial charge on any atom is -0.355 e. The third-order valence-corrected chi connectivity index (χ3v) is 6.45. The van der Waals surface area contributed by atoms with Gasteiger partial charge < -0.3 is 10.6 Å². The van der Waals surface area contributed by atoms with Gasteiger partial charge in [0.25, 0.3) is 5.91 Å². The van der Waals surface area contributed by atoms with Crippen LogP contribution in [-0.4, -0.2) is 34.3 Å². The van der Waals surface area contributed by atoms with Crippen LogP contribution < -0.4 is 10.6 Å². The Morgan fingerprint density at radius 3 is 2.53 bits per heavy atom. The highest BCUT2D eigenvalue weighted by Crippen LogP contribution is 2.18. The van der Waals surface area contributed by atoms with E-state index in [1.165, 1.54) is 28.7 Å². The molecule has 1 aromatic heterocycles. The van der Waals surface area contributed by atoms with E-state index in [-0.39, 0.29) is 17.7 Å². The summed E-state index contributed by atoms with van der Waals surface area (Å²) < 4.78 is 0. The zero-order valence-corrected chi connectivity index (χ0v) is 18.6. The van der Waals surface area contributed by atoms with Crippen molar-refractivity contribution in [1.82, 2.24) is 15.5 Å². The Labute approximate surface area is 184 Å². The Hall–Kier alpha value is -2.71. The number of rotatable bonds is 9. The fraction of sp³-hybridized carbons (Fsp3) is 0.273. The molecule has 0 aliphatic rings. The Morgan fingerprint density at radius 2 is 1.80 bits per heavy atom. The van der Waals surface area contributed by atoms with Gasteiger partial charge in [-0.05, 0) is 30.5 Å². The molecule has 0 unspecified atom stereocenters. The Kier molecular flexibility index (Phi) is 7.98. The van der Waals surface area contributed by atoms with E-state index >= 15 is 0 Å². The topological polar surface area (TPSA) is 84.0 Å². The lowest BCUT2D eigenvalue weighted by Gasteiger charge is -2.12. The molecule has 2 N–H and O–H groups in total. The van der Waals surface area contributed by atoms with Gasteiger partial charge in [-0.15, -0.1) is 22.0 Å².